The third kappa shape index (κ3) is 1.40. The van der Waals surface area contributed by atoms with Crippen LogP contribution in [-0.2, 0) is 0 Å². The van der Waals surface area contributed by atoms with Crippen LogP contribution in [0.25, 0.3) is 17.0 Å². The number of benzene rings is 1. The van der Waals surface area contributed by atoms with Crippen LogP contribution in [0.3, 0.4) is 0 Å². The van der Waals surface area contributed by atoms with Crippen molar-refractivity contribution in [2.45, 2.75) is 12.4 Å². The van der Waals surface area contributed by atoms with Gasteiger partial charge in [-0.15, -0.1) is 0 Å². The van der Waals surface area contributed by atoms with Gasteiger partial charge < -0.3 is 4.74 Å². The average Bonchev–Trinajstić information content (AvgIpc) is 2.28. The molecule has 1 atom stereocenters. The summed E-state index contributed by atoms with van der Waals surface area (Å²) in [7, 11) is 5.95. The molecule has 76 valence electrons. The molecule has 1 aliphatic heterocycles. The first-order chi connectivity index (χ1) is 7.66. The second-order valence-corrected chi connectivity index (χ2v) is 4.18. The summed E-state index contributed by atoms with van der Waals surface area (Å²) in [6, 6.07) is 7.98. The maximum Gasteiger partial charge on any atom is 0.152 e. The van der Waals surface area contributed by atoms with Crippen molar-refractivity contribution < 1.29 is 4.74 Å². The molecule has 2 heterocycles. The predicted molar refractivity (Wildman–Crippen MR) is 65.6 cm³/mol. The summed E-state index contributed by atoms with van der Waals surface area (Å²) >= 11 is 0. The van der Waals surface area contributed by atoms with E-state index in [0.717, 1.165) is 22.2 Å². The molecule has 0 saturated heterocycles. The van der Waals surface area contributed by atoms with Crippen molar-refractivity contribution in [3.63, 3.8) is 0 Å². The zero-order valence-corrected chi connectivity index (χ0v) is 8.97. The van der Waals surface area contributed by atoms with E-state index < -0.39 is 5.50 Å². The molecule has 0 N–H and O–H groups in total. The summed E-state index contributed by atoms with van der Waals surface area (Å²) in [6.07, 6.45) is 5.59. The molecule has 1 aliphatic rings. The Morgan fingerprint density at radius 3 is 3.06 bits per heavy atom. The zero-order valence-electron chi connectivity index (χ0n) is 8.97. The van der Waals surface area contributed by atoms with Gasteiger partial charge in [-0.05, 0) is 13.0 Å². The second-order valence-electron chi connectivity index (χ2n) is 4.18. The van der Waals surface area contributed by atoms with Crippen molar-refractivity contribution in [1.29, 1.82) is 0 Å². The molecule has 3 heteroatoms. The third-order valence-electron chi connectivity index (χ3n) is 2.67. The van der Waals surface area contributed by atoms with E-state index in [1.807, 2.05) is 43.3 Å². The fourth-order valence-corrected chi connectivity index (χ4v) is 1.88. The van der Waals surface area contributed by atoms with Crippen LogP contribution in [0.5, 0.6) is 5.75 Å². The van der Waals surface area contributed by atoms with E-state index in [0.29, 0.717) is 0 Å². The Kier molecular flexibility index (Phi) is 1.84. The summed E-state index contributed by atoms with van der Waals surface area (Å²) in [6.45, 7) is 1.83. The van der Waals surface area contributed by atoms with E-state index in [-0.39, 0.29) is 0 Å². The van der Waals surface area contributed by atoms with Crippen LogP contribution >= 0.6 is 0 Å². The van der Waals surface area contributed by atoms with Gasteiger partial charge in [0.05, 0.1) is 5.50 Å². The summed E-state index contributed by atoms with van der Waals surface area (Å²) in [5.74, 6) is 0.769. The highest BCUT2D eigenvalue weighted by molar-refractivity contribution is 6.16. The minimum atomic E-state index is -0.751. The van der Waals surface area contributed by atoms with Gasteiger partial charge >= 0.3 is 0 Å². The first kappa shape index (κ1) is 9.46. The quantitative estimate of drug-likeness (QED) is 0.619. The Hall–Kier alpha value is -1.77. The van der Waals surface area contributed by atoms with Crippen molar-refractivity contribution in [3.8, 4) is 5.75 Å². The van der Waals surface area contributed by atoms with E-state index in [1.54, 1.807) is 6.20 Å². The van der Waals surface area contributed by atoms with Gasteiger partial charge in [0, 0.05) is 17.1 Å². The van der Waals surface area contributed by atoms with Gasteiger partial charge in [0.1, 0.15) is 13.4 Å². The Morgan fingerprint density at radius 2 is 2.19 bits per heavy atom. The molecule has 16 heavy (non-hydrogen) atoms. The molecule has 0 bridgehead atoms. The molecule has 0 amide bonds. The molecular weight excluding hydrogens is 197 g/mol. The summed E-state index contributed by atoms with van der Waals surface area (Å²) in [5.41, 5.74) is 1.13. The molecular formula is C13H10BNO. The first-order valence-corrected chi connectivity index (χ1v) is 5.21. The molecule has 0 fully saturated rings. The van der Waals surface area contributed by atoms with Gasteiger partial charge in [-0.3, -0.25) is 4.98 Å². The average molecular weight is 207 g/mol. The zero-order chi connectivity index (χ0) is 11.2. The predicted octanol–water partition coefficient (Wildman–Crippen LogP) is 2.53. The van der Waals surface area contributed by atoms with Crippen LogP contribution in [0, 0.1) is 0 Å². The van der Waals surface area contributed by atoms with Crippen molar-refractivity contribution in [2.75, 3.05) is 0 Å². The Balaban J connectivity index is 2.31. The van der Waals surface area contributed by atoms with Gasteiger partial charge in [0.15, 0.2) is 5.75 Å². The van der Waals surface area contributed by atoms with Gasteiger partial charge in [-0.2, -0.15) is 0 Å². The Labute approximate surface area is 95.4 Å². The van der Waals surface area contributed by atoms with E-state index >= 15 is 0 Å². The molecule has 1 aromatic carbocycles. The van der Waals surface area contributed by atoms with Crippen LogP contribution in [0.2, 0.25) is 0 Å². The number of nitrogens with zero attached hydrogens (tertiary/aromatic N) is 1. The number of aromatic nitrogens is 1. The van der Waals surface area contributed by atoms with Crippen LogP contribution in [0.15, 0.2) is 36.5 Å². The minimum absolute atomic E-state index is 0.751. The van der Waals surface area contributed by atoms with Crippen LogP contribution in [0.4, 0.5) is 0 Å². The number of hydrogen-bond donors (Lipinski definition) is 0. The van der Waals surface area contributed by atoms with E-state index in [1.165, 1.54) is 0 Å². The van der Waals surface area contributed by atoms with Crippen LogP contribution in [-0.4, -0.2) is 18.3 Å². The van der Waals surface area contributed by atoms with Crippen molar-refractivity contribution in [3.05, 3.63) is 42.1 Å². The number of hydrogen-bond acceptors (Lipinski definition) is 2. The summed E-state index contributed by atoms with van der Waals surface area (Å²) in [4.78, 5) is 4.35. The molecule has 3 rings (SSSR count). The summed E-state index contributed by atoms with van der Waals surface area (Å²) < 4.78 is 5.76. The Bertz CT molecular complexity index is 590. The monoisotopic (exact) mass is 207 g/mol. The molecule has 2 radical (unpaired) electrons. The molecule has 1 aromatic heterocycles. The molecule has 0 saturated carbocycles. The maximum absolute atomic E-state index is 5.95. The van der Waals surface area contributed by atoms with E-state index in [4.69, 9.17) is 12.6 Å². The lowest BCUT2D eigenvalue weighted by molar-refractivity contribution is 0.227. The van der Waals surface area contributed by atoms with Gasteiger partial charge in [0.2, 0.25) is 0 Å². The summed E-state index contributed by atoms with van der Waals surface area (Å²) in [5, 5.41) is 1.06. The number of pyridine rings is 1. The first-order valence-electron chi connectivity index (χ1n) is 5.21. The van der Waals surface area contributed by atoms with E-state index in [2.05, 4.69) is 4.98 Å². The van der Waals surface area contributed by atoms with Crippen LogP contribution < -0.4 is 4.74 Å². The standard InChI is InChI=1S/C13H10BNO/c1-13(14)7-6-10-5-4-9-3-2-8-15-11(9)12(10)16-13/h2-8H,1H3. The lowest BCUT2D eigenvalue weighted by atomic mass is 9.81. The SMILES string of the molecule is [B]C1(C)C=Cc2ccc3cccnc3c2O1. The van der Waals surface area contributed by atoms with Crippen LogP contribution in [0.1, 0.15) is 12.5 Å². The normalized spacial score (nSPS) is 22.8. The van der Waals surface area contributed by atoms with Gasteiger partial charge in [-0.25, -0.2) is 0 Å². The Morgan fingerprint density at radius 1 is 1.31 bits per heavy atom. The van der Waals surface area contributed by atoms with Crippen molar-refractivity contribution >= 4 is 24.8 Å². The molecule has 0 aliphatic carbocycles. The second kappa shape index (κ2) is 3.11. The third-order valence-corrected chi connectivity index (χ3v) is 2.67. The van der Waals surface area contributed by atoms with E-state index in [9.17, 15) is 0 Å². The molecule has 2 nitrogen and oxygen atoms in total. The minimum Gasteiger partial charge on any atom is -0.491 e. The fourth-order valence-electron chi connectivity index (χ4n) is 1.88. The number of ether oxygens (including phenoxy) is 1. The fraction of sp³-hybridized carbons (Fsp3) is 0.154. The molecule has 2 aromatic rings. The van der Waals surface area contributed by atoms with Crippen molar-refractivity contribution in [1.82, 2.24) is 4.98 Å². The van der Waals surface area contributed by atoms with Gasteiger partial charge in [0.25, 0.3) is 0 Å². The molecule has 0 spiro atoms. The maximum atomic E-state index is 5.95. The largest absolute Gasteiger partial charge is 0.491 e. The molecule has 1 unspecified atom stereocenters. The number of fused-ring (bicyclic) bond motifs is 3. The smallest absolute Gasteiger partial charge is 0.152 e. The van der Waals surface area contributed by atoms with Gasteiger partial charge in [-0.1, -0.05) is 30.4 Å². The number of rotatable bonds is 0. The lowest BCUT2D eigenvalue weighted by Crippen LogP contribution is -2.32. The highest BCUT2D eigenvalue weighted by Crippen LogP contribution is 2.35. The highest BCUT2D eigenvalue weighted by atomic mass is 16.5. The lowest BCUT2D eigenvalue weighted by Gasteiger charge is -2.29. The topological polar surface area (TPSA) is 22.1 Å². The van der Waals surface area contributed by atoms with Crippen molar-refractivity contribution in [2.24, 2.45) is 0 Å². The highest BCUT2D eigenvalue weighted by Gasteiger charge is 2.22.